The van der Waals surface area contributed by atoms with Crippen molar-refractivity contribution in [3.8, 4) is 0 Å². The predicted molar refractivity (Wildman–Crippen MR) is 59.4 cm³/mol. The summed E-state index contributed by atoms with van der Waals surface area (Å²) in [7, 11) is -3.40. The van der Waals surface area contributed by atoms with E-state index in [1.807, 2.05) is 0 Å². The fourth-order valence-electron chi connectivity index (χ4n) is 1.84. The van der Waals surface area contributed by atoms with Gasteiger partial charge >= 0.3 is 0 Å². The van der Waals surface area contributed by atoms with Crippen molar-refractivity contribution >= 4 is 10.0 Å². The zero-order valence-electron chi connectivity index (χ0n) is 8.94. The monoisotopic (exact) mass is 244 g/mol. The first-order valence-electron chi connectivity index (χ1n) is 5.41. The van der Waals surface area contributed by atoms with E-state index in [2.05, 4.69) is 20.2 Å². The Morgan fingerprint density at radius 2 is 2.44 bits per heavy atom. The van der Waals surface area contributed by atoms with Crippen LogP contribution in [0.15, 0.2) is 17.3 Å². The Hall–Kier alpha value is -0.920. The molecule has 1 unspecified atom stereocenters. The molecule has 0 spiro atoms. The summed E-state index contributed by atoms with van der Waals surface area (Å²) in [5.41, 5.74) is 0. The topological polar surface area (TPSA) is 86.9 Å². The van der Waals surface area contributed by atoms with Crippen molar-refractivity contribution < 1.29 is 8.42 Å². The molecule has 16 heavy (non-hydrogen) atoms. The second-order valence-corrected chi connectivity index (χ2v) is 5.64. The number of rotatable bonds is 5. The third kappa shape index (κ3) is 2.81. The second-order valence-electron chi connectivity index (χ2n) is 3.90. The van der Waals surface area contributed by atoms with Gasteiger partial charge in [-0.2, -0.15) is 5.10 Å². The molecule has 1 aliphatic rings. The van der Waals surface area contributed by atoms with E-state index in [1.54, 1.807) is 0 Å². The Kier molecular flexibility index (Phi) is 3.57. The number of aromatic nitrogens is 2. The molecule has 0 aromatic carbocycles. The third-order valence-electron chi connectivity index (χ3n) is 2.71. The molecule has 2 heterocycles. The molecule has 1 aromatic heterocycles. The zero-order valence-corrected chi connectivity index (χ0v) is 9.76. The van der Waals surface area contributed by atoms with Crippen LogP contribution in [0.2, 0.25) is 0 Å². The van der Waals surface area contributed by atoms with Gasteiger partial charge in [0.2, 0.25) is 0 Å². The first kappa shape index (κ1) is 11.6. The minimum absolute atomic E-state index is 0.117. The lowest BCUT2D eigenvalue weighted by Crippen LogP contribution is -2.30. The maximum atomic E-state index is 11.7. The van der Waals surface area contributed by atoms with E-state index in [-0.39, 0.29) is 5.03 Å². The molecule has 0 bridgehead atoms. The molecule has 2 rings (SSSR count). The molecule has 90 valence electrons. The van der Waals surface area contributed by atoms with Gasteiger partial charge in [-0.25, -0.2) is 13.1 Å². The molecule has 7 heteroatoms. The zero-order chi connectivity index (χ0) is 11.4. The molecule has 0 saturated carbocycles. The molecular formula is C9H16N4O2S. The lowest BCUT2D eigenvalue weighted by Gasteiger charge is -2.10. The van der Waals surface area contributed by atoms with Crippen LogP contribution in [-0.4, -0.2) is 37.7 Å². The Morgan fingerprint density at radius 3 is 3.06 bits per heavy atom. The molecule has 1 aliphatic heterocycles. The van der Waals surface area contributed by atoms with E-state index in [4.69, 9.17) is 0 Å². The lowest BCUT2D eigenvalue weighted by molar-refractivity contribution is 0.538. The van der Waals surface area contributed by atoms with Gasteiger partial charge in [0.1, 0.15) is 0 Å². The normalized spacial score (nSPS) is 21.4. The van der Waals surface area contributed by atoms with Crippen molar-refractivity contribution in [3.63, 3.8) is 0 Å². The van der Waals surface area contributed by atoms with E-state index in [1.165, 1.54) is 18.7 Å². The smallest absolute Gasteiger partial charge is 0.257 e. The highest BCUT2D eigenvalue weighted by atomic mass is 32.2. The predicted octanol–water partition coefficient (Wildman–Crippen LogP) is -0.170. The van der Waals surface area contributed by atoms with Crippen LogP contribution in [-0.2, 0) is 10.0 Å². The second kappa shape index (κ2) is 4.94. The van der Waals surface area contributed by atoms with E-state index >= 15 is 0 Å². The SMILES string of the molecule is O=S(=O)(NCCC1CCCN1)c1ccn[nH]1. The first-order chi connectivity index (χ1) is 7.68. The van der Waals surface area contributed by atoms with Crippen molar-refractivity contribution in [1.82, 2.24) is 20.2 Å². The van der Waals surface area contributed by atoms with E-state index in [0.717, 1.165) is 19.4 Å². The van der Waals surface area contributed by atoms with E-state index in [0.29, 0.717) is 12.6 Å². The summed E-state index contributed by atoms with van der Waals surface area (Å²) >= 11 is 0. The minimum Gasteiger partial charge on any atom is -0.314 e. The van der Waals surface area contributed by atoms with Gasteiger partial charge in [0.25, 0.3) is 10.0 Å². The van der Waals surface area contributed by atoms with Crippen molar-refractivity contribution in [2.75, 3.05) is 13.1 Å². The summed E-state index contributed by atoms with van der Waals surface area (Å²) in [6.07, 6.45) is 4.56. The Balaban J connectivity index is 1.81. The van der Waals surface area contributed by atoms with Crippen LogP contribution < -0.4 is 10.0 Å². The van der Waals surface area contributed by atoms with E-state index < -0.39 is 10.0 Å². The average Bonchev–Trinajstić information content (AvgIpc) is 2.90. The van der Waals surface area contributed by atoms with Gasteiger partial charge in [0.15, 0.2) is 5.03 Å². The van der Waals surface area contributed by atoms with Crippen molar-refractivity contribution in [2.45, 2.75) is 30.3 Å². The summed E-state index contributed by atoms with van der Waals surface area (Å²) in [4.78, 5) is 0. The highest BCUT2D eigenvalue weighted by molar-refractivity contribution is 7.89. The van der Waals surface area contributed by atoms with Crippen LogP contribution in [0.1, 0.15) is 19.3 Å². The number of hydrogen-bond donors (Lipinski definition) is 3. The van der Waals surface area contributed by atoms with Gasteiger partial charge in [-0.1, -0.05) is 0 Å². The first-order valence-corrected chi connectivity index (χ1v) is 6.89. The number of nitrogens with zero attached hydrogens (tertiary/aromatic N) is 1. The number of hydrogen-bond acceptors (Lipinski definition) is 4. The largest absolute Gasteiger partial charge is 0.314 e. The van der Waals surface area contributed by atoms with Crippen LogP contribution in [0.5, 0.6) is 0 Å². The van der Waals surface area contributed by atoms with Gasteiger partial charge in [-0.3, -0.25) is 5.10 Å². The van der Waals surface area contributed by atoms with Gasteiger partial charge in [0.05, 0.1) is 6.20 Å². The summed E-state index contributed by atoms with van der Waals surface area (Å²) in [5, 5.41) is 9.50. The van der Waals surface area contributed by atoms with Crippen molar-refractivity contribution in [3.05, 3.63) is 12.3 Å². The highest BCUT2D eigenvalue weighted by Gasteiger charge is 2.17. The lowest BCUT2D eigenvalue weighted by atomic mass is 10.2. The number of sulfonamides is 1. The van der Waals surface area contributed by atoms with Gasteiger partial charge in [-0.15, -0.1) is 0 Å². The van der Waals surface area contributed by atoms with Gasteiger partial charge in [-0.05, 0) is 31.9 Å². The molecule has 1 saturated heterocycles. The molecule has 6 nitrogen and oxygen atoms in total. The molecule has 3 N–H and O–H groups in total. The molecule has 1 aromatic rings. The van der Waals surface area contributed by atoms with Crippen molar-refractivity contribution in [1.29, 1.82) is 0 Å². The standard InChI is InChI=1S/C9H16N4O2S/c14-16(15,9-4-6-11-13-9)12-7-3-8-2-1-5-10-8/h4,6,8,10,12H,1-3,5,7H2,(H,11,13). The summed E-state index contributed by atoms with van der Waals surface area (Å²) in [6, 6.07) is 1.89. The number of nitrogens with one attached hydrogen (secondary N) is 3. The quantitative estimate of drug-likeness (QED) is 0.671. The van der Waals surface area contributed by atoms with E-state index in [9.17, 15) is 8.42 Å². The third-order valence-corrected chi connectivity index (χ3v) is 4.10. The average molecular weight is 244 g/mol. The summed E-state index contributed by atoms with van der Waals surface area (Å²) in [5.74, 6) is 0. The molecule has 1 atom stereocenters. The van der Waals surface area contributed by atoms with Crippen LogP contribution >= 0.6 is 0 Å². The Morgan fingerprint density at radius 1 is 1.56 bits per heavy atom. The van der Waals surface area contributed by atoms with Crippen LogP contribution in [0.4, 0.5) is 0 Å². The van der Waals surface area contributed by atoms with Crippen molar-refractivity contribution in [2.24, 2.45) is 0 Å². The molecule has 0 radical (unpaired) electrons. The number of aromatic amines is 1. The number of H-pyrrole nitrogens is 1. The molecular weight excluding hydrogens is 228 g/mol. The van der Waals surface area contributed by atoms with Gasteiger partial charge < -0.3 is 5.32 Å². The summed E-state index contributed by atoms with van der Waals surface area (Å²) in [6.45, 7) is 1.50. The Bertz CT molecular complexity index is 409. The maximum Gasteiger partial charge on any atom is 0.257 e. The summed E-state index contributed by atoms with van der Waals surface area (Å²) < 4.78 is 25.9. The fourth-order valence-corrected chi connectivity index (χ4v) is 2.80. The fraction of sp³-hybridized carbons (Fsp3) is 0.667. The highest BCUT2D eigenvalue weighted by Crippen LogP contribution is 2.08. The maximum absolute atomic E-state index is 11.7. The van der Waals surface area contributed by atoms with Crippen LogP contribution in [0.3, 0.4) is 0 Å². The molecule has 0 aliphatic carbocycles. The molecule has 0 amide bonds. The Labute approximate surface area is 94.9 Å². The molecule has 1 fully saturated rings. The minimum atomic E-state index is -3.40. The van der Waals surface area contributed by atoms with Crippen LogP contribution in [0, 0.1) is 0 Å². The van der Waals surface area contributed by atoms with Crippen LogP contribution in [0.25, 0.3) is 0 Å². The van der Waals surface area contributed by atoms with Gasteiger partial charge in [0, 0.05) is 12.6 Å².